The molecule has 0 atom stereocenters. The summed E-state index contributed by atoms with van der Waals surface area (Å²) in [4.78, 5) is -0.241. The van der Waals surface area contributed by atoms with E-state index >= 15 is 0 Å². The molecule has 1 aromatic rings. The van der Waals surface area contributed by atoms with Gasteiger partial charge in [-0.25, -0.2) is 13.5 Å². The maximum Gasteiger partial charge on any atom is 1.00 e. The number of nitrogens with one attached hydrogen (secondary N) is 1. The van der Waals surface area contributed by atoms with E-state index in [0.717, 1.165) is 0 Å². The minimum absolute atomic E-state index is 0. The van der Waals surface area contributed by atoms with Gasteiger partial charge in [0.2, 0.25) is 0 Å². The third-order valence-electron chi connectivity index (χ3n) is 0.632. The van der Waals surface area contributed by atoms with Crippen molar-refractivity contribution in [3.05, 3.63) is 4.84 Å². The van der Waals surface area contributed by atoms with Gasteiger partial charge in [-0.2, -0.15) is 0 Å². The van der Waals surface area contributed by atoms with Gasteiger partial charge in [0.05, 0.1) is 0 Å². The molecule has 0 fully saturated rings. The predicted molar refractivity (Wildman–Crippen MR) is 29.7 cm³/mol. The average molecular weight is 204 g/mol. The molecule has 1 aromatic heterocycles. The Morgan fingerprint density at radius 3 is 2.36 bits per heavy atom. The van der Waals surface area contributed by atoms with E-state index in [1.54, 1.807) is 0 Å². The number of H-pyrrole nitrogens is 1. The van der Waals surface area contributed by atoms with Crippen molar-refractivity contribution in [1.29, 1.82) is 0 Å². The molecule has 6 nitrogen and oxygen atoms in total. The molecule has 0 unspecified atom stereocenters. The van der Waals surface area contributed by atoms with Crippen LogP contribution in [0.1, 0.15) is 0 Å². The van der Waals surface area contributed by atoms with Crippen LogP contribution in [0.5, 0.6) is 0 Å². The number of aromatic amines is 1. The van der Waals surface area contributed by atoms with Crippen molar-refractivity contribution in [2.45, 2.75) is 5.22 Å². The summed E-state index contributed by atoms with van der Waals surface area (Å²) in [6.07, 6.45) is 0. The molecule has 0 bridgehead atoms. The standard InChI is InChI=1S/C2H2N2O4S2.Na/c5-10(6,7)2-4-3-1(9)8-2;/h(H,3,9)(H,5,6,7);/q;+1/p-1. The molecule has 0 saturated heterocycles. The van der Waals surface area contributed by atoms with Gasteiger partial charge in [0.1, 0.15) is 0 Å². The monoisotopic (exact) mass is 204 g/mol. The summed E-state index contributed by atoms with van der Waals surface area (Å²) < 4.78 is 34.4. The van der Waals surface area contributed by atoms with E-state index in [0.29, 0.717) is 0 Å². The fourth-order valence-corrected chi connectivity index (χ4v) is 0.843. The zero-order chi connectivity index (χ0) is 7.78. The van der Waals surface area contributed by atoms with Crippen molar-refractivity contribution in [3.63, 3.8) is 0 Å². The van der Waals surface area contributed by atoms with Crippen molar-refractivity contribution >= 4 is 22.3 Å². The van der Waals surface area contributed by atoms with E-state index in [1.165, 1.54) is 0 Å². The van der Waals surface area contributed by atoms with Crippen LogP contribution in [-0.4, -0.2) is 23.2 Å². The van der Waals surface area contributed by atoms with Crippen LogP contribution in [0.15, 0.2) is 9.64 Å². The molecule has 0 aromatic carbocycles. The molecular weight excluding hydrogens is 203 g/mol. The first-order chi connectivity index (χ1) is 4.50. The average Bonchev–Trinajstić information content (AvgIpc) is 2.11. The Labute approximate surface area is 89.0 Å². The minimum Gasteiger partial charge on any atom is -0.740 e. The number of nitrogens with zero attached hydrogens (tertiary/aromatic N) is 1. The van der Waals surface area contributed by atoms with Crippen LogP contribution in [0.2, 0.25) is 0 Å². The second-order valence-corrected chi connectivity index (χ2v) is 2.96. The van der Waals surface area contributed by atoms with E-state index in [-0.39, 0.29) is 34.4 Å². The zero-order valence-corrected chi connectivity index (χ0v) is 9.03. The summed E-state index contributed by atoms with van der Waals surface area (Å²) in [6, 6.07) is 0. The van der Waals surface area contributed by atoms with E-state index in [9.17, 15) is 13.0 Å². The van der Waals surface area contributed by atoms with Crippen LogP contribution >= 0.6 is 12.2 Å². The first-order valence-corrected chi connectivity index (χ1v) is 3.83. The first kappa shape index (κ1) is 11.3. The second-order valence-electron chi connectivity index (χ2n) is 1.33. The van der Waals surface area contributed by atoms with Crippen LogP contribution in [0, 0.1) is 4.84 Å². The van der Waals surface area contributed by atoms with Crippen molar-refractivity contribution in [1.82, 2.24) is 10.2 Å². The Hall–Kier alpha value is 0.270. The summed E-state index contributed by atoms with van der Waals surface area (Å²) in [5, 5.41) is 4.05. The maximum atomic E-state index is 10.1. The van der Waals surface area contributed by atoms with Crippen LogP contribution in [-0.2, 0) is 10.1 Å². The van der Waals surface area contributed by atoms with Gasteiger partial charge in [-0.15, -0.1) is 5.10 Å². The SMILES string of the molecule is O=S(=O)([O-])c1n[nH]c(=S)o1.[Na+]. The topological polar surface area (TPSA) is 99.0 Å². The van der Waals surface area contributed by atoms with E-state index in [1.807, 2.05) is 5.10 Å². The molecular formula is C2HN2NaO4S2. The van der Waals surface area contributed by atoms with Gasteiger partial charge in [0, 0.05) is 0 Å². The molecule has 0 aliphatic rings. The van der Waals surface area contributed by atoms with Gasteiger partial charge in [0.15, 0.2) is 10.1 Å². The molecule has 0 spiro atoms. The third-order valence-corrected chi connectivity index (χ3v) is 1.41. The molecule has 1 N–H and O–H groups in total. The predicted octanol–water partition coefficient (Wildman–Crippen LogP) is -3.36. The van der Waals surface area contributed by atoms with E-state index in [4.69, 9.17) is 0 Å². The van der Waals surface area contributed by atoms with E-state index in [2.05, 4.69) is 21.7 Å². The summed E-state index contributed by atoms with van der Waals surface area (Å²) in [6.45, 7) is 0. The maximum absolute atomic E-state index is 10.1. The van der Waals surface area contributed by atoms with Gasteiger partial charge >= 0.3 is 34.8 Å². The Balaban J connectivity index is 0.000001000. The smallest absolute Gasteiger partial charge is 0.740 e. The van der Waals surface area contributed by atoms with Gasteiger partial charge in [-0.1, -0.05) is 0 Å². The third kappa shape index (κ3) is 3.01. The summed E-state index contributed by atoms with van der Waals surface area (Å²) in [5.41, 5.74) is 0. The second kappa shape index (κ2) is 3.78. The Bertz CT molecular complexity index is 377. The van der Waals surface area contributed by atoms with Crippen LogP contribution in [0.25, 0.3) is 0 Å². The summed E-state index contributed by atoms with van der Waals surface area (Å²) in [5.74, 6) is 0. The van der Waals surface area contributed by atoms with Gasteiger partial charge < -0.3 is 8.97 Å². The fraction of sp³-hybridized carbons (Fsp3) is 0. The van der Waals surface area contributed by atoms with Crippen molar-refractivity contribution in [2.24, 2.45) is 0 Å². The van der Waals surface area contributed by atoms with Gasteiger partial charge in [-0.05, 0) is 12.2 Å². The van der Waals surface area contributed by atoms with Crippen molar-refractivity contribution in [3.8, 4) is 0 Å². The quantitative estimate of drug-likeness (QED) is 0.291. The van der Waals surface area contributed by atoms with Gasteiger partial charge in [0.25, 0.3) is 4.84 Å². The Morgan fingerprint density at radius 2 is 2.18 bits per heavy atom. The van der Waals surface area contributed by atoms with Crippen LogP contribution < -0.4 is 29.6 Å². The molecule has 1 heterocycles. The minimum atomic E-state index is -4.61. The summed E-state index contributed by atoms with van der Waals surface area (Å²) in [7, 11) is -4.61. The normalized spacial score (nSPS) is 10.6. The van der Waals surface area contributed by atoms with E-state index < -0.39 is 15.3 Å². The van der Waals surface area contributed by atoms with Crippen molar-refractivity contribution in [2.75, 3.05) is 0 Å². The summed E-state index contributed by atoms with van der Waals surface area (Å²) >= 11 is 4.31. The number of hydrogen-bond donors (Lipinski definition) is 1. The molecule has 0 amide bonds. The fourth-order valence-electron chi connectivity index (χ4n) is 0.323. The van der Waals surface area contributed by atoms with Crippen molar-refractivity contribution < 1.29 is 46.9 Å². The molecule has 9 heteroatoms. The molecule has 0 aliphatic heterocycles. The Kier molecular flexibility index (Phi) is 3.88. The molecule has 0 saturated carbocycles. The number of hydrogen-bond acceptors (Lipinski definition) is 6. The number of aromatic nitrogens is 2. The van der Waals surface area contributed by atoms with Crippen LogP contribution in [0.4, 0.5) is 0 Å². The Morgan fingerprint density at radius 1 is 1.64 bits per heavy atom. The zero-order valence-electron chi connectivity index (χ0n) is 5.40. The first-order valence-electron chi connectivity index (χ1n) is 2.01. The molecule has 0 radical (unpaired) electrons. The number of rotatable bonds is 1. The largest absolute Gasteiger partial charge is 1.00 e. The molecule has 56 valence electrons. The van der Waals surface area contributed by atoms with Crippen LogP contribution in [0.3, 0.4) is 0 Å². The molecule has 0 aliphatic carbocycles. The van der Waals surface area contributed by atoms with Gasteiger partial charge in [-0.3, -0.25) is 0 Å². The molecule has 1 rings (SSSR count). The molecule has 11 heavy (non-hydrogen) atoms.